The zero-order valence-electron chi connectivity index (χ0n) is 12.1. The zero-order valence-corrected chi connectivity index (χ0v) is 12.9. The second kappa shape index (κ2) is 6.02. The number of anilines is 1. The predicted octanol–water partition coefficient (Wildman–Crippen LogP) is 2.78. The monoisotopic (exact) mass is 296 g/mol. The molecule has 1 aliphatic heterocycles. The van der Waals surface area contributed by atoms with Crippen molar-refractivity contribution in [3.8, 4) is 0 Å². The number of ether oxygens (including phenoxy) is 1. The maximum Gasteiger partial charge on any atom is 0.333 e. The summed E-state index contributed by atoms with van der Waals surface area (Å²) in [6.07, 6.45) is 0.702. The number of carbonyl (C=O) groups excluding carboxylic acids is 1. The SMILES string of the molecule is CCOC(=O)C1(Nc2ccccc2Cl)CC(C)N(C)C1. The highest BCUT2D eigenvalue weighted by molar-refractivity contribution is 6.33. The molecule has 0 saturated carbocycles. The van der Waals surface area contributed by atoms with Gasteiger partial charge in [0.15, 0.2) is 0 Å². The number of nitrogens with zero attached hydrogens (tertiary/aromatic N) is 1. The summed E-state index contributed by atoms with van der Waals surface area (Å²) in [5, 5.41) is 3.93. The van der Waals surface area contributed by atoms with Gasteiger partial charge in [0.05, 0.1) is 17.3 Å². The van der Waals surface area contributed by atoms with Crippen molar-refractivity contribution in [3.63, 3.8) is 0 Å². The van der Waals surface area contributed by atoms with Crippen molar-refractivity contribution in [3.05, 3.63) is 29.3 Å². The van der Waals surface area contributed by atoms with Crippen molar-refractivity contribution in [1.29, 1.82) is 0 Å². The third-order valence-corrected chi connectivity index (χ3v) is 4.16. The molecule has 20 heavy (non-hydrogen) atoms. The summed E-state index contributed by atoms with van der Waals surface area (Å²) in [7, 11) is 2.01. The first-order valence-electron chi connectivity index (χ1n) is 6.88. The van der Waals surface area contributed by atoms with E-state index < -0.39 is 5.54 Å². The molecule has 4 nitrogen and oxygen atoms in total. The minimum Gasteiger partial charge on any atom is -0.464 e. The van der Waals surface area contributed by atoms with Crippen LogP contribution in [0.3, 0.4) is 0 Å². The molecule has 0 amide bonds. The molecule has 0 aromatic heterocycles. The van der Waals surface area contributed by atoms with Gasteiger partial charge < -0.3 is 15.0 Å². The van der Waals surface area contributed by atoms with Crippen LogP contribution in [0.15, 0.2) is 24.3 Å². The number of hydrogen-bond acceptors (Lipinski definition) is 4. The molecule has 0 bridgehead atoms. The van der Waals surface area contributed by atoms with Crippen LogP contribution in [0.1, 0.15) is 20.3 Å². The maximum atomic E-state index is 12.4. The number of para-hydroxylation sites is 1. The van der Waals surface area contributed by atoms with Crippen LogP contribution in [-0.4, -0.2) is 42.6 Å². The van der Waals surface area contributed by atoms with E-state index >= 15 is 0 Å². The molecule has 1 heterocycles. The Bertz CT molecular complexity index is 483. The van der Waals surface area contributed by atoms with Crippen LogP contribution in [0.5, 0.6) is 0 Å². The Morgan fingerprint density at radius 3 is 2.80 bits per heavy atom. The van der Waals surface area contributed by atoms with Gasteiger partial charge in [-0.25, -0.2) is 4.79 Å². The Morgan fingerprint density at radius 2 is 2.25 bits per heavy atom. The Balaban J connectivity index is 2.29. The smallest absolute Gasteiger partial charge is 0.333 e. The highest BCUT2D eigenvalue weighted by Crippen LogP contribution is 2.33. The molecule has 2 rings (SSSR count). The number of esters is 1. The topological polar surface area (TPSA) is 41.6 Å². The normalized spacial score (nSPS) is 26.5. The number of likely N-dealkylation sites (N-methyl/N-ethyl adjacent to an activating group) is 1. The second-order valence-corrected chi connectivity index (χ2v) is 5.78. The number of halogens is 1. The largest absolute Gasteiger partial charge is 0.464 e. The molecular formula is C15H21ClN2O2. The van der Waals surface area contributed by atoms with E-state index in [0.29, 0.717) is 30.6 Å². The van der Waals surface area contributed by atoms with E-state index in [4.69, 9.17) is 16.3 Å². The van der Waals surface area contributed by atoms with Crippen LogP contribution in [0, 0.1) is 0 Å². The average Bonchev–Trinajstić information content (AvgIpc) is 2.69. The van der Waals surface area contributed by atoms with Crippen molar-refractivity contribution in [2.45, 2.75) is 31.8 Å². The molecule has 110 valence electrons. The predicted molar refractivity (Wildman–Crippen MR) is 81.1 cm³/mol. The van der Waals surface area contributed by atoms with Crippen molar-refractivity contribution in [1.82, 2.24) is 4.90 Å². The van der Waals surface area contributed by atoms with Crippen molar-refractivity contribution < 1.29 is 9.53 Å². The zero-order chi connectivity index (χ0) is 14.8. The fourth-order valence-corrected chi connectivity index (χ4v) is 2.87. The van der Waals surface area contributed by atoms with Gasteiger partial charge in [-0.2, -0.15) is 0 Å². The number of rotatable bonds is 4. The molecule has 0 aliphatic carbocycles. The van der Waals surface area contributed by atoms with Crippen LogP contribution in [0.4, 0.5) is 5.69 Å². The fraction of sp³-hybridized carbons (Fsp3) is 0.533. The molecule has 2 atom stereocenters. The summed E-state index contributed by atoms with van der Waals surface area (Å²) in [5.74, 6) is -0.212. The minimum absolute atomic E-state index is 0.212. The average molecular weight is 297 g/mol. The summed E-state index contributed by atoms with van der Waals surface area (Å²) >= 11 is 6.19. The molecule has 1 N–H and O–H groups in total. The molecule has 5 heteroatoms. The van der Waals surface area contributed by atoms with Crippen LogP contribution in [0.2, 0.25) is 5.02 Å². The number of benzene rings is 1. The van der Waals surface area contributed by atoms with E-state index in [1.165, 1.54) is 0 Å². The Hall–Kier alpha value is -1.26. The fourth-order valence-electron chi connectivity index (χ4n) is 2.69. The number of likely N-dealkylation sites (tertiary alicyclic amines) is 1. The molecule has 1 aromatic rings. The van der Waals surface area contributed by atoms with Crippen molar-refractivity contribution in [2.24, 2.45) is 0 Å². The lowest BCUT2D eigenvalue weighted by atomic mass is 9.95. The van der Waals surface area contributed by atoms with Gasteiger partial charge in [0.25, 0.3) is 0 Å². The molecule has 0 radical (unpaired) electrons. The highest BCUT2D eigenvalue weighted by Gasteiger charge is 2.48. The van der Waals surface area contributed by atoms with E-state index in [9.17, 15) is 4.79 Å². The van der Waals surface area contributed by atoms with Gasteiger partial charge in [-0.15, -0.1) is 0 Å². The van der Waals surface area contributed by atoms with Gasteiger partial charge in [0.2, 0.25) is 0 Å². The summed E-state index contributed by atoms with van der Waals surface area (Å²) in [4.78, 5) is 14.6. The molecule has 1 aliphatic rings. The Labute approximate surface area is 125 Å². The number of nitrogens with one attached hydrogen (secondary N) is 1. The van der Waals surface area contributed by atoms with Gasteiger partial charge in [-0.1, -0.05) is 23.7 Å². The van der Waals surface area contributed by atoms with Crippen LogP contribution in [0.25, 0.3) is 0 Å². The van der Waals surface area contributed by atoms with Gasteiger partial charge in [0.1, 0.15) is 5.54 Å². The Kier molecular flexibility index (Phi) is 4.55. The molecule has 1 fully saturated rings. The van der Waals surface area contributed by atoms with Crippen molar-refractivity contribution in [2.75, 3.05) is 25.5 Å². The first-order chi connectivity index (χ1) is 9.48. The summed E-state index contributed by atoms with van der Waals surface area (Å²) < 4.78 is 5.27. The first kappa shape index (κ1) is 15.1. The third-order valence-electron chi connectivity index (χ3n) is 3.83. The van der Waals surface area contributed by atoms with Crippen LogP contribution in [-0.2, 0) is 9.53 Å². The van der Waals surface area contributed by atoms with E-state index in [-0.39, 0.29) is 5.97 Å². The number of hydrogen-bond donors (Lipinski definition) is 1. The molecule has 0 spiro atoms. The molecular weight excluding hydrogens is 276 g/mol. The van der Waals surface area contributed by atoms with E-state index in [0.717, 1.165) is 5.69 Å². The summed E-state index contributed by atoms with van der Waals surface area (Å²) in [5.41, 5.74) is 0.0412. The lowest BCUT2D eigenvalue weighted by molar-refractivity contribution is -0.148. The van der Waals surface area contributed by atoms with Gasteiger partial charge >= 0.3 is 5.97 Å². The standard InChI is InChI=1S/C15H21ClN2O2/c1-4-20-14(19)15(9-11(2)18(3)10-15)17-13-8-6-5-7-12(13)16/h5-8,11,17H,4,9-10H2,1-3H3. The van der Waals surface area contributed by atoms with Crippen molar-refractivity contribution >= 4 is 23.3 Å². The summed E-state index contributed by atoms with van der Waals surface area (Å²) in [6, 6.07) is 7.77. The highest BCUT2D eigenvalue weighted by atomic mass is 35.5. The van der Waals surface area contributed by atoms with Crippen LogP contribution < -0.4 is 5.32 Å². The molecule has 1 saturated heterocycles. The lowest BCUT2D eigenvalue weighted by Crippen LogP contribution is -2.49. The minimum atomic E-state index is -0.727. The van der Waals surface area contributed by atoms with Gasteiger partial charge in [-0.05, 0) is 39.4 Å². The van der Waals surface area contributed by atoms with Crippen LogP contribution >= 0.6 is 11.6 Å². The number of carbonyl (C=O) groups is 1. The Morgan fingerprint density at radius 1 is 1.55 bits per heavy atom. The third kappa shape index (κ3) is 2.91. The molecule has 2 unspecified atom stereocenters. The summed E-state index contributed by atoms with van der Waals surface area (Å²) in [6.45, 7) is 4.92. The second-order valence-electron chi connectivity index (χ2n) is 5.38. The van der Waals surface area contributed by atoms with Gasteiger partial charge in [0, 0.05) is 12.6 Å². The lowest BCUT2D eigenvalue weighted by Gasteiger charge is -2.29. The maximum absolute atomic E-state index is 12.4. The quantitative estimate of drug-likeness (QED) is 0.868. The first-order valence-corrected chi connectivity index (χ1v) is 7.26. The van der Waals surface area contributed by atoms with E-state index in [1.54, 1.807) is 0 Å². The molecule has 1 aromatic carbocycles. The van der Waals surface area contributed by atoms with Gasteiger partial charge in [-0.3, -0.25) is 0 Å². The van der Waals surface area contributed by atoms with E-state index in [2.05, 4.69) is 17.1 Å². The van der Waals surface area contributed by atoms with E-state index in [1.807, 2.05) is 38.2 Å².